The summed E-state index contributed by atoms with van der Waals surface area (Å²) < 4.78 is 24.3. The molecule has 1 saturated heterocycles. The van der Waals surface area contributed by atoms with E-state index in [0.717, 1.165) is 51.5 Å². The number of nitrogens with zero attached hydrogens (tertiary/aromatic N) is 3. The van der Waals surface area contributed by atoms with Crippen LogP contribution in [0.15, 0.2) is 18.1 Å². The van der Waals surface area contributed by atoms with Crippen LogP contribution in [-0.4, -0.2) is 68.7 Å². The number of piperazine rings is 1. The van der Waals surface area contributed by atoms with Gasteiger partial charge in [0, 0.05) is 46.3 Å². The normalized spacial score (nSPS) is 25.0. The zero-order valence-electron chi connectivity index (χ0n) is 20.4. The molecule has 1 aromatic rings. The Labute approximate surface area is 179 Å². The summed E-state index contributed by atoms with van der Waals surface area (Å²) in [7, 11) is 3.55. The molecule has 1 aromatic carbocycles. The third kappa shape index (κ3) is 5.54. The van der Waals surface area contributed by atoms with Gasteiger partial charge in [-0.05, 0) is 63.1 Å². The molecule has 2 aliphatic rings. The maximum atomic E-state index is 11.8. The third-order valence-electron chi connectivity index (χ3n) is 6.09. The molecule has 0 unspecified atom stereocenters. The van der Waals surface area contributed by atoms with Crippen molar-refractivity contribution >= 4 is 23.3 Å². The van der Waals surface area contributed by atoms with Gasteiger partial charge in [-0.1, -0.05) is 23.7 Å². The summed E-state index contributed by atoms with van der Waals surface area (Å²) in [6.45, 7) is 6.22. The van der Waals surface area contributed by atoms with E-state index in [9.17, 15) is 4.79 Å². The number of hydrogen-bond acceptors (Lipinski definition) is 3. The number of urea groups is 1. The topological polar surface area (TPSA) is 38.8 Å². The molecule has 5 nitrogen and oxygen atoms in total. The highest BCUT2D eigenvalue weighted by Gasteiger charge is 2.24. The fraction of sp³-hybridized carbons (Fsp3) is 0.682. The predicted molar refractivity (Wildman–Crippen MR) is 117 cm³/mol. The fourth-order valence-corrected chi connectivity index (χ4v) is 4.36. The molecule has 0 atom stereocenters. The molecule has 1 N–H and O–H groups in total. The van der Waals surface area contributed by atoms with E-state index >= 15 is 0 Å². The summed E-state index contributed by atoms with van der Waals surface area (Å²) >= 11 is 6.46. The molecular formula is C22H35ClN4O. The van der Waals surface area contributed by atoms with Crippen LogP contribution in [0.1, 0.15) is 41.8 Å². The molecule has 156 valence electrons. The molecule has 0 radical (unpaired) electrons. The van der Waals surface area contributed by atoms with E-state index in [1.807, 2.05) is 0 Å². The predicted octanol–water partition coefficient (Wildman–Crippen LogP) is 3.99. The molecule has 0 aromatic heterocycles. The number of hydrogen-bond donors (Lipinski definition) is 1. The van der Waals surface area contributed by atoms with Crippen LogP contribution in [0.25, 0.3) is 0 Å². The Morgan fingerprint density at radius 2 is 1.89 bits per heavy atom. The SMILES string of the molecule is [2H]c1c([2H])c(C)c(Cl)c(N2CCN(CCC3CCC(NC(=O)N(C)C)CC3)CC2)c1[2H]. The second-order valence-corrected chi connectivity index (χ2v) is 8.72. The third-order valence-corrected chi connectivity index (χ3v) is 6.55. The van der Waals surface area contributed by atoms with Crippen molar-refractivity contribution in [2.24, 2.45) is 5.92 Å². The van der Waals surface area contributed by atoms with Gasteiger partial charge in [-0.2, -0.15) is 0 Å². The highest BCUT2D eigenvalue weighted by atomic mass is 35.5. The van der Waals surface area contributed by atoms with E-state index in [0.29, 0.717) is 22.3 Å². The van der Waals surface area contributed by atoms with Crippen molar-refractivity contribution in [3.63, 3.8) is 0 Å². The number of anilines is 1. The van der Waals surface area contributed by atoms with E-state index in [1.54, 1.807) is 25.9 Å². The number of halogens is 1. The Hall–Kier alpha value is -1.46. The monoisotopic (exact) mass is 409 g/mol. The summed E-state index contributed by atoms with van der Waals surface area (Å²) in [6.07, 6.45) is 5.64. The van der Waals surface area contributed by atoms with Gasteiger partial charge < -0.3 is 15.1 Å². The zero-order chi connectivity index (χ0) is 22.7. The van der Waals surface area contributed by atoms with Crippen LogP contribution in [0.5, 0.6) is 0 Å². The quantitative estimate of drug-likeness (QED) is 0.799. The lowest BCUT2D eigenvalue weighted by molar-refractivity contribution is 0.194. The molecule has 1 aliphatic carbocycles. The average molecular weight is 410 g/mol. The average Bonchev–Trinajstić information content (AvgIpc) is 2.76. The summed E-state index contributed by atoms with van der Waals surface area (Å²) in [5.74, 6) is 0.720. The van der Waals surface area contributed by atoms with E-state index in [1.165, 1.54) is 19.3 Å². The molecule has 0 bridgehead atoms. The fourth-order valence-electron chi connectivity index (χ4n) is 4.15. The first-order valence-corrected chi connectivity index (χ1v) is 10.8. The van der Waals surface area contributed by atoms with Crippen molar-refractivity contribution in [3.8, 4) is 0 Å². The largest absolute Gasteiger partial charge is 0.368 e. The first kappa shape index (κ1) is 17.4. The van der Waals surface area contributed by atoms with Crippen molar-refractivity contribution in [3.05, 3.63) is 28.7 Å². The van der Waals surface area contributed by atoms with Gasteiger partial charge in [-0.15, -0.1) is 0 Å². The van der Waals surface area contributed by atoms with Crippen LogP contribution in [0.2, 0.25) is 5.02 Å². The maximum Gasteiger partial charge on any atom is 0.317 e. The second-order valence-electron chi connectivity index (χ2n) is 8.34. The highest BCUT2D eigenvalue weighted by molar-refractivity contribution is 6.34. The minimum absolute atomic E-state index is 0.00218. The molecule has 3 rings (SSSR count). The number of amides is 2. The Bertz CT molecular complexity index is 762. The van der Waals surface area contributed by atoms with Crippen LogP contribution in [0.3, 0.4) is 0 Å². The minimum Gasteiger partial charge on any atom is -0.368 e. The molecule has 6 heteroatoms. The molecule has 2 fully saturated rings. The van der Waals surface area contributed by atoms with Gasteiger partial charge in [0.05, 0.1) is 14.8 Å². The summed E-state index contributed by atoms with van der Waals surface area (Å²) in [5.41, 5.74) is 1.19. The number of rotatable bonds is 5. The Morgan fingerprint density at radius 1 is 1.21 bits per heavy atom. The lowest BCUT2D eigenvalue weighted by atomic mass is 9.84. The van der Waals surface area contributed by atoms with Crippen molar-refractivity contribution in [2.45, 2.75) is 45.1 Å². The smallest absolute Gasteiger partial charge is 0.317 e. The second kappa shape index (κ2) is 9.84. The number of carbonyl (C=O) groups excluding carboxylic acids is 1. The summed E-state index contributed by atoms with van der Waals surface area (Å²) in [5, 5.41) is 3.55. The van der Waals surface area contributed by atoms with Gasteiger partial charge in [0.1, 0.15) is 0 Å². The van der Waals surface area contributed by atoms with Gasteiger partial charge in [0.25, 0.3) is 0 Å². The summed E-state index contributed by atoms with van der Waals surface area (Å²) in [6, 6.07) is 0.374. The van der Waals surface area contributed by atoms with Crippen molar-refractivity contribution in [1.29, 1.82) is 0 Å². The van der Waals surface area contributed by atoms with Crippen LogP contribution < -0.4 is 10.2 Å². The van der Waals surface area contributed by atoms with E-state index in [2.05, 4.69) is 15.1 Å². The molecular weight excluding hydrogens is 372 g/mol. The molecule has 1 heterocycles. The number of carbonyl (C=O) groups is 1. The molecule has 0 spiro atoms. The molecule has 28 heavy (non-hydrogen) atoms. The van der Waals surface area contributed by atoms with Gasteiger partial charge >= 0.3 is 6.03 Å². The Kier molecular flexibility index (Phi) is 6.11. The van der Waals surface area contributed by atoms with E-state index < -0.39 is 0 Å². The minimum atomic E-state index is -0.0447. The van der Waals surface area contributed by atoms with Crippen molar-refractivity contribution in [2.75, 3.05) is 51.7 Å². The van der Waals surface area contributed by atoms with Gasteiger partial charge in [0.15, 0.2) is 0 Å². The van der Waals surface area contributed by atoms with Crippen molar-refractivity contribution < 1.29 is 8.91 Å². The maximum absolute atomic E-state index is 11.8. The van der Waals surface area contributed by atoms with Gasteiger partial charge in [-0.25, -0.2) is 4.79 Å². The van der Waals surface area contributed by atoms with Crippen LogP contribution in [0.4, 0.5) is 10.5 Å². The number of nitrogens with one attached hydrogen (secondary N) is 1. The highest BCUT2D eigenvalue weighted by Crippen LogP contribution is 2.30. The Morgan fingerprint density at radius 3 is 2.54 bits per heavy atom. The molecule has 1 saturated carbocycles. The molecule has 1 aliphatic heterocycles. The van der Waals surface area contributed by atoms with Crippen LogP contribution in [0, 0.1) is 12.8 Å². The zero-order valence-corrected chi connectivity index (χ0v) is 18.1. The van der Waals surface area contributed by atoms with E-state index in [4.69, 9.17) is 15.7 Å². The van der Waals surface area contributed by atoms with Gasteiger partial charge in [0.2, 0.25) is 0 Å². The summed E-state index contributed by atoms with van der Waals surface area (Å²) in [4.78, 5) is 18.0. The standard InChI is InChI=1S/C22H35ClN4O/c1-17-5-4-6-20(21(17)23)27-15-13-26(14-16-27)12-11-18-7-9-19(10-8-18)24-22(28)25(2)3/h4-6,18-19H,7-16H2,1-3H3,(H,24,28)/i4D,5D,6D. The first-order valence-electron chi connectivity index (χ1n) is 11.9. The lowest BCUT2D eigenvalue weighted by Gasteiger charge is -2.37. The Balaban J connectivity index is 1.44. The number of benzene rings is 1. The molecule has 2 amide bonds. The first-order chi connectivity index (χ1) is 14.7. The van der Waals surface area contributed by atoms with E-state index in [-0.39, 0.29) is 24.2 Å². The van der Waals surface area contributed by atoms with Gasteiger partial charge in [-0.3, -0.25) is 4.90 Å². The van der Waals surface area contributed by atoms with Crippen LogP contribution >= 0.6 is 11.6 Å². The van der Waals surface area contributed by atoms with Crippen LogP contribution in [-0.2, 0) is 0 Å². The van der Waals surface area contributed by atoms with Crippen molar-refractivity contribution in [1.82, 2.24) is 15.1 Å². The lowest BCUT2D eigenvalue weighted by Crippen LogP contribution is -2.47.